The summed E-state index contributed by atoms with van der Waals surface area (Å²) in [5.74, 6) is -1.49. The van der Waals surface area contributed by atoms with E-state index in [0.29, 0.717) is 0 Å². The molecular formula is C18H22O5. The highest BCUT2D eigenvalue weighted by Gasteiger charge is 2.47. The first-order valence-electron chi connectivity index (χ1n) is 7.34. The summed E-state index contributed by atoms with van der Waals surface area (Å²) in [5, 5.41) is 0. The third kappa shape index (κ3) is 5.06. The second kappa shape index (κ2) is 8.88. The molecule has 1 aromatic carbocycles. The molecule has 0 aliphatic rings. The van der Waals surface area contributed by atoms with Crippen LogP contribution in [0.25, 0.3) is 6.08 Å². The normalized spacial score (nSPS) is 11.3. The monoisotopic (exact) mass is 318 g/mol. The number of rotatable bonds is 8. The molecule has 1 rings (SSSR count). The number of esters is 2. The SMILES string of the molecule is COC(=O)C(C/C=C/c1ccccc1)(CCC(C)=O)C(=O)OC. The summed E-state index contributed by atoms with van der Waals surface area (Å²) >= 11 is 0. The average Bonchev–Trinajstić information content (AvgIpc) is 2.57. The quantitative estimate of drug-likeness (QED) is 0.544. The van der Waals surface area contributed by atoms with Crippen molar-refractivity contribution in [3.63, 3.8) is 0 Å². The molecular weight excluding hydrogens is 296 g/mol. The molecule has 0 atom stereocenters. The Kier molecular flexibility index (Phi) is 7.19. The van der Waals surface area contributed by atoms with E-state index in [1.165, 1.54) is 21.1 Å². The summed E-state index contributed by atoms with van der Waals surface area (Å²) in [7, 11) is 2.43. The van der Waals surface area contributed by atoms with Gasteiger partial charge in [0.15, 0.2) is 5.41 Å². The van der Waals surface area contributed by atoms with E-state index in [2.05, 4.69) is 0 Å². The lowest BCUT2D eigenvalue weighted by molar-refractivity contribution is -0.169. The Balaban J connectivity index is 3.04. The molecule has 0 unspecified atom stereocenters. The number of ether oxygens (including phenoxy) is 2. The maximum Gasteiger partial charge on any atom is 0.323 e. The molecule has 1 aromatic rings. The fourth-order valence-corrected chi connectivity index (χ4v) is 2.30. The smallest absolute Gasteiger partial charge is 0.323 e. The zero-order chi connectivity index (χ0) is 17.3. The van der Waals surface area contributed by atoms with Gasteiger partial charge in [0.05, 0.1) is 14.2 Å². The molecule has 23 heavy (non-hydrogen) atoms. The van der Waals surface area contributed by atoms with Gasteiger partial charge in [-0.15, -0.1) is 0 Å². The van der Waals surface area contributed by atoms with Gasteiger partial charge in [0.25, 0.3) is 0 Å². The van der Waals surface area contributed by atoms with E-state index in [4.69, 9.17) is 9.47 Å². The molecule has 0 saturated carbocycles. The van der Waals surface area contributed by atoms with Crippen molar-refractivity contribution in [2.24, 2.45) is 5.41 Å². The van der Waals surface area contributed by atoms with Crippen molar-refractivity contribution in [2.75, 3.05) is 14.2 Å². The molecule has 5 nitrogen and oxygen atoms in total. The molecule has 0 radical (unpaired) electrons. The van der Waals surface area contributed by atoms with Gasteiger partial charge in [0.1, 0.15) is 5.78 Å². The molecule has 0 aliphatic carbocycles. The number of carbonyl (C=O) groups is 3. The fraction of sp³-hybridized carbons (Fsp3) is 0.389. The predicted molar refractivity (Wildman–Crippen MR) is 86.5 cm³/mol. The third-order valence-electron chi connectivity index (χ3n) is 3.63. The van der Waals surface area contributed by atoms with Crippen LogP contribution in [0.5, 0.6) is 0 Å². The fourth-order valence-electron chi connectivity index (χ4n) is 2.30. The number of methoxy groups -OCH3 is 2. The average molecular weight is 318 g/mol. The predicted octanol–water partition coefficient (Wildman–Crippen LogP) is 2.79. The van der Waals surface area contributed by atoms with Gasteiger partial charge in [-0.3, -0.25) is 9.59 Å². The van der Waals surface area contributed by atoms with Crippen LogP contribution in [-0.2, 0) is 23.9 Å². The minimum absolute atomic E-state index is 0.0564. The minimum Gasteiger partial charge on any atom is -0.468 e. The highest BCUT2D eigenvalue weighted by atomic mass is 16.5. The Labute approximate surface area is 136 Å². The number of hydrogen-bond acceptors (Lipinski definition) is 5. The molecule has 0 amide bonds. The van der Waals surface area contributed by atoms with E-state index in [1.54, 1.807) is 6.08 Å². The van der Waals surface area contributed by atoms with Crippen molar-refractivity contribution >= 4 is 23.8 Å². The van der Waals surface area contributed by atoms with Crippen molar-refractivity contribution in [2.45, 2.75) is 26.2 Å². The molecule has 124 valence electrons. The van der Waals surface area contributed by atoms with Gasteiger partial charge in [-0.05, 0) is 25.3 Å². The minimum atomic E-state index is -1.50. The molecule has 0 N–H and O–H groups in total. The first-order valence-corrected chi connectivity index (χ1v) is 7.34. The van der Waals surface area contributed by atoms with E-state index in [-0.39, 0.29) is 25.0 Å². The number of allylic oxidation sites excluding steroid dienone is 1. The van der Waals surface area contributed by atoms with Crippen LogP contribution in [0.4, 0.5) is 0 Å². The summed E-state index contributed by atoms with van der Waals surface area (Å²) in [5.41, 5.74) is -0.553. The van der Waals surface area contributed by atoms with Gasteiger partial charge < -0.3 is 14.3 Å². The van der Waals surface area contributed by atoms with Crippen LogP contribution in [0.15, 0.2) is 36.4 Å². The largest absolute Gasteiger partial charge is 0.468 e. The standard InChI is InChI=1S/C18H22O5/c1-14(19)11-13-18(16(20)22-2,17(21)23-3)12-7-10-15-8-5-4-6-9-15/h4-10H,11-13H2,1-3H3/b10-7+. The summed E-state index contributed by atoms with van der Waals surface area (Å²) in [4.78, 5) is 35.7. The number of hydrogen-bond donors (Lipinski definition) is 0. The number of benzene rings is 1. The molecule has 0 spiro atoms. The van der Waals surface area contributed by atoms with Crippen molar-refractivity contribution in [3.05, 3.63) is 42.0 Å². The third-order valence-corrected chi connectivity index (χ3v) is 3.63. The Bertz CT molecular complexity index is 558. The number of Topliss-reactive ketones (excluding diaryl/α,β-unsaturated/α-hetero) is 1. The van der Waals surface area contributed by atoms with Gasteiger partial charge in [-0.1, -0.05) is 42.5 Å². The van der Waals surface area contributed by atoms with Gasteiger partial charge in [0, 0.05) is 6.42 Å². The Morgan fingerprint density at radius 3 is 2.09 bits per heavy atom. The first-order chi connectivity index (χ1) is 11.0. The van der Waals surface area contributed by atoms with Crippen LogP contribution in [0.2, 0.25) is 0 Å². The van der Waals surface area contributed by atoms with Crippen LogP contribution in [-0.4, -0.2) is 31.9 Å². The summed E-state index contributed by atoms with van der Waals surface area (Å²) in [6.45, 7) is 1.42. The Morgan fingerprint density at radius 2 is 1.61 bits per heavy atom. The molecule has 0 heterocycles. The summed E-state index contributed by atoms with van der Waals surface area (Å²) in [6.07, 6.45) is 3.80. The Morgan fingerprint density at radius 1 is 1.04 bits per heavy atom. The van der Waals surface area contributed by atoms with Gasteiger partial charge >= 0.3 is 11.9 Å². The van der Waals surface area contributed by atoms with E-state index in [0.717, 1.165) is 5.56 Å². The van der Waals surface area contributed by atoms with E-state index in [9.17, 15) is 14.4 Å². The second-order valence-electron chi connectivity index (χ2n) is 5.28. The zero-order valence-electron chi connectivity index (χ0n) is 13.7. The maximum atomic E-state index is 12.2. The van der Waals surface area contributed by atoms with Crippen molar-refractivity contribution in [3.8, 4) is 0 Å². The molecule has 5 heteroatoms. The molecule has 0 saturated heterocycles. The van der Waals surface area contributed by atoms with Crippen LogP contribution in [0.3, 0.4) is 0 Å². The van der Waals surface area contributed by atoms with Gasteiger partial charge in [0.2, 0.25) is 0 Å². The zero-order valence-corrected chi connectivity index (χ0v) is 13.7. The molecule has 0 aliphatic heterocycles. The van der Waals surface area contributed by atoms with Crippen molar-refractivity contribution in [1.82, 2.24) is 0 Å². The second-order valence-corrected chi connectivity index (χ2v) is 5.28. The highest BCUT2D eigenvalue weighted by molar-refractivity contribution is 6.00. The lowest BCUT2D eigenvalue weighted by Crippen LogP contribution is -2.41. The highest BCUT2D eigenvalue weighted by Crippen LogP contribution is 2.33. The van der Waals surface area contributed by atoms with E-state index >= 15 is 0 Å². The molecule has 0 aromatic heterocycles. The molecule has 0 bridgehead atoms. The topological polar surface area (TPSA) is 69.7 Å². The van der Waals surface area contributed by atoms with Crippen LogP contribution in [0.1, 0.15) is 31.7 Å². The maximum absolute atomic E-state index is 12.2. The lowest BCUT2D eigenvalue weighted by atomic mass is 9.79. The number of carbonyl (C=O) groups excluding carboxylic acids is 3. The van der Waals surface area contributed by atoms with Gasteiger partial charge in [-0.2, -0.15) is 0 Å². The summed E-state index contributed by atoms with van der Waals surface area (Å²) < 4.78 is 9.58. The Hall–Kier alpha value is -2.43. The number of ketones is 1. The first kappa shape index (κ1) is 18.6. The van der Waals surface area contributed by atoms with Crippen LogP contribution in [0, 0.1) is 5.41 Å². The molecule has 0 fully saturated rings. The van der Waals surface area contributed by atoms with Crippen molar-refractivity contribution in [1.29, 1.82) is 0 Å². The van der Waals surface area contributed by atoms with Crippen LogP contribution < -0.4 is 0 Å². The van der Waals surface area contributed by atoms with Crippen molar-refractivity contribution < 1.29 is 23.9 Å². The van der Waals surface area contributed by atoms with E-state index < -0.39 is 17.4 Å². The van der Waals surface area contributed by atoms with Crippen LogP contribution >= 0.6 is 0 Å². The van der Waals surface area contributed by atoms with E-state index in [1.807, 2.05) is 36.4 Å². The lowest BCUT2D eigenvalue weighted by Gasteiger charge is -2.26. The summed E-state index contributed by atoms with van der Waals surface area (Å²) in [6, 6.07) is 9.50. The van der Waals surface area contributed by atoms with Gasteiger partial charge in [-0.25, -0.2) is 0 Å².